The van der Waals surface area contributed by atoms with Crippen molar-refractivity contribution in [3.63, 3.8) is 0 Å². The summed E-state index contributed by atoms with van der Waals surface area (Å²) in [7, 11) is 1.73. The van der Waals surface area contributed by atoms with Gasteiger partial charge in [0.05, 0.1) is 7.11 Å². The molecule has 0 saturated heterocycles. The average Bonchev–Trinajstić information content (AvgIpc) is 2.33. The Morgan fingerprint density at radius 3 is 2.33 bits per heavy atom. The summed E-state index contributed by atoms with van der Waals surface area (Å²) in [5, 5.41) is 3.36. The summed E-state index contributed by atoms with van der Waals surface area (Å²) in [6.07, 6.45) is 0. The lowest BCUT2D eigenvalue weighted by Gasteiger charge is -2.19. The molecule has 1 atom stereocenters. The van der Waals surface area contributed by atoms with Crippen molar-refractivity contribution >= 4 is 15.9 Å². The molecule has 0 aliphatic heterocycles. The smallest absolute Gasteiger partial charge is 0.126 e. The Labute approximate surface area is 118 Å². The molecule has 1 aromatic rings. The number of benzene rings is 1. The Balaban J connectivity index is 3.09. The van der Waals surface area contributed by atoms with Crippen LogP contribution in [-0.2, 0) is 6.54 Å². The molecule has 18 heavy (non-hydrogen) atoms. The number of rotatable bonds is 5. The standard InChI is InChI=1S/C14H23BrN2O/c1-8(16)6-17-7-12-11(4)13(15)9(2)10(3)14(12)18-5/h8,17H,6-7,16H2,1-5H3. The summed E-state index contributed by atoms with van der Waals surface area (Å²) in [5.74, 6) is 0.977. The van der Waals surface area contributed by atoms with Gasteiger partial charge in [-0.15, -0.1) is 0 Å². The van der Waals surface area contributed by atoms with Crippen molar-refractivity contribution in [3.05, 3.63) is 26.7 Å². The van der Waals surface area contributed by atoms with Gasteiger partial charge in [0.25, 0.3) is 0 Å². The number of methoxy groups -OCH3 is 1. The first-order valence-electron chi connectivity index (χ1n) is 6.18. The highest BCUT2D eigenvalue weighted by atomic mass is 79.9. The van der Waals surface area contributed by atoms with E-state index in [2.05, 4.69) is 42.0 Å². The van der Waals surface area contributed by atoms with Crippen LogP contribution in [0.1, 0.15) is 29.2 Å². The van der Waals surface area contributed by atoms with Crippen LogP contribution in [-0.4, -0.2) is 19.7 Å². The predicted octanol–water partition coefficient (Wildman–Crippen LogP) is 2.82. The summed E-state index contributed by atoms with van der Waals surface area (Å²) >= 11 is 3.66. The van der Waals surface area contributed by atoms with Crippen LogP contribution in [0.5, 0.6) is 5.75 Å². The van der Waals surface area contributed by atoms with Gasteiger partial charge in [-0.25, -0.2) is 0 Å². The van der Waals surface area contributed by atoms with E-state index in [4.69, 9.17) is 10.5 Å². The van der Waals surface area contributed by atoms with Crippen molar-refractivity contribution in [2.75, 3.05) is 13.7 Å². The van der Waals surface area contributed by atoms with Gasteiger partial charge in [-0.05, 0) is 44.4 Å². The second-order valence-electron chi connectivity index (χ2n) is 4.81. The van der Waals surface area contributed by atoms with Crippen LogP contribution in [0.4, 0.5) is 0 Å². The highest BCUT2D eigenvalue weighted by Gasteiger charge is 2.16. The van der Waals surface area contributed by atoms with Gasteiger partial charge in [0.15, 0.2) is 0 Å². The van der Waals surface area contributed by atoms with Gasteiger partial charge in [-0.1, -0.05) is 15.9 Å². The zero-order chi connectivity index (χ0) is 13.9. The number of halogens is 1. The molecule has 0 aliphatic rings. The van der Waals surface area contributed by atoms with Crippen LogP contribution in [0.3, 0.4) is 0 Å². The minimum Gasteiger partial charge on any atom is -0.496 e. The molecule has 0 saturated carbocycles. The Morgan fingerprint density at radius 2 is 1.83 bits per heavy atom. The van der Waals surface area contributed by atoms with Crippen LogP contribution in [0.15, 0.2) is 4.47 Å². The van der Waals surface area contributed by atoms with Crippen molar-refractivity contribution in [1.82, 2.24) is 5.32 Å². The second-order valence-corrected chi connectivity index (χ2v) is 5.60. The van der Waals surface area contributed by atoms with Crippen molar-refractivity contribution in [2.24, 2.45) is 5.73 Å². The molecule has 102 valence electrons. The Hall–Kier alpha value is -0.580. The van der Waals surface area contributed by atoms with E-state index >= 15 is 0 Å². The number of ether oxygens (including phenoxy) is 1. The fraction of sp³-hybridized carbons (Fsp3) is 0.571. The van der Waals surface area contributed by atoms with Gasteiger partial charge >= 0.3 is 0 Å². The molecule has 0 amide bonds. The van der Waals surface area contributed by atoms with Crippen LogP contribution >= 0.6 is 15.9 Å². The molecule has 3 N–H and O–H groups in total. The van der Waals surface area contributed by atoms with E-state index in [1.54, 1.807) is 7.11 Å². The highest BCUT2D eigenvalue weighted by Crippen LogP contribution is 2.35. The van der Waals surface area contributed by atoms with Crippen LogP contribution in [0.2, 0.25) is 0 Å². The van der Waals surface area contributed by atoms with Crippen LogP contribution in [0.25, 0.3) is 0 Å². The molecular weight excluding hydrogens is 292 g/mol. The van der Waals surface area contributed by atoms with Gasteiger partial charge in [0, 0.05) is 29.2 Å². The maximum atomic E-state index is 5.75. The van der Waals surface area contributed by atoms with E-state index in [9.17, 15) is 0 Å². The average molecular weight is 315 g/mol. The SMILES string of the molecule is COc1c(C)c(C)c(Br)c(C)c1CNCC(C)N. The lowest BCUT2D eigenvalue weighted by Crippen LogP contribution is -2.31. The van der Waals surface area contributed by atoms with Gasteiger partial charge in [-0.3, -0.25) is 0 Å². The quantitative estimate of drug-likeness (QED) is 0.878. The topological polar surface area (TPSA) is 47.3 Å². The minimum atomic E-state index is 0.159. The molecule has 0 radical (unpaired) electrons. The summed E-state index contributed by atoms with van der Waals surface area (Å²) in [6.45, 7) is 9.88. The lowest BCUT2D eigenvalue weighted by atomic mass is 9.99. The molecule has 3 nitrogen and oxygen atoms in total. The predicted molar refractivity (Wildman–Crippen MR) is 80.3 cm³/mol. The zero-order valence-electron chi connectivity index (χ0n) is 11.9. The van der Waals surface area contributed by atoms with Crippen molar-refractivity contribution < 1.29 is 4.74 Å². The normalized spacial score (nSPS) is 12.6. The number of nitrogens with one attached hydrogen (secondary N) is 1. The monoisotopic (exact) mass is 314 g/mol. The third-order valence-corrected chi connectivity index (χ3v) is 4.45. The third kappa shape index (κ3) is 3.25. The van der Waals surface area contributed by atoms with E-state index in [1.165, 1.54) is 26.7 Å². The van der Waals surface area contributed by atoms with Crippen LogP contribution < -0.4 is 15.8 Å². The number of hydrogen-bond donors (Lipinski definition) is 2. The molecule has 0 spiro atoms. The maximum absolute atomic E-state index is 5.75. The first-order chi connectivity index (χ1) is 8.40. The molecular formula is C14H23BrN2O. The zero-order valence-corrected chi connectivity index (χ0v) is 13.4. The summed E-state index contributed by atoms with van der Waals surface area (Å²) < 4.78 is 6.72. The van der Waals surface area contributed by atoms with Gasteiger partial charge in [0.2, 0.25) is 0 Å². The molecule has 1 rings (SSSR count). The van der Waals surface area contributed by atoms with E-state index < -0.39 is 0 Å². The van der Waals surface area contributed by atoms with Gasteiger partial charge < -0.3 is 15.8 Å². The fourth-order valence-corrected chi connectivity index (χ4v) is 2.60. The fourth-order valence-electron chi connectivity index (χ4n) is 2.06. The second kappa shape index (κ2) is 6.55. The van der Waals surface area contributed by atoms with E-state index in [0.717, 1.165) is 18.8 Å². The summed E-state index contributed by atoms with van der Waals surface area (Å²) in [6, 6.07) is 0.159. The first-order valence-corrected chi connectivity index (χ1v) is 6.97. The molecule has 1 aromatic carbocycles. The number of hydrogen-bond acceptors (Lipinski definition) is 3. The maximum Gasteiger partial charge on any atom is 0.126 e. The summed E-state index contributed by atoms with van der Waals surface area (Å²) in [5.41, 5.74) is 10.6. The van der Waals surface area contributed by atoms with Crippen molar-refractivity contribution in [3.8, 4) is 5.75 Å². The Morgan fingerprint density at radius 1 is 1.22 bits per heavy atom. The molecule has 0 heterocycles. The molecule has 0 fully saturated rings. The van der Waals surface area contributed by atoms with Crippen molar-refractivity contribution in [2.45, 2.75) is 40.3 Å². The lowest BCUT2D eigenvalue weighted by molar-refractivity contribution is 0.403. The van der Waals surface area contributed by atoms with E-state index in [1.807, 2.05) is 6.92 Å². The van der Waals surface area contributed by atoms with Gasteiger partial charge in [-0.2, -0.15) is 0 Å². The van der Waals surface area contributed by atoms with Crippen molar-refractivity contribution in [1.29, 1.82) is 0 Å². The molecule has 0 bridgehead atoms. The first kappa shape index (κ1) is 15.5. The largest absolute Gasteiger partial charge is 0.496 e. The molecule has 0 aliphatic carbocycles. The van der Waals surface area contributed by atoms with Gasteiger partial charge in [0.1, 0.15) is 5.75 Å². The third-order valence-electron chi connectivity index (χ3n) is 3.26. The Bertz CT molecular complexity index is 431. The summed E-state index contributed by atoms with van der Waals surface area (Å²) in [4.78, 5) is 0. The molecule has 1 unspecified atom stereocenters. The van der Waals surface area contributed by atoms with E-state index in [-0.39, 0.29) is 6.04 Å². The minimum absolute atomic E-state index is 0.159. The number of nitrogens with two attached hydrogens (primary N) is 1. The molecule has 4 heteroatoms. The molecule has 0 aromatic heterocycles. The highest BCUT2D eigenvalue weighted by molar-refractivity contribution is 9.10. The van der Waals surface area contributed by atoms with Crippen LogP contribution in [0, 0.1) is 20.8 Å². The van der Waals surface area contributed by atoms with E-state index in [0.29, 0.717) is 0 Å². The Kier molecular flexibility index (Phi) is 5.63.